The first kappa shape index (κ1) is 15.0. The molecule has 0 fully saturated rings. The number of nitrogens with one attached hydrogen (secondary N) is 1. The van der Waals surface area contributed by atoms with Gasteiger partial charge in [0.2, 0.25) is 0 Å². The summed E-state index contributed by atoms with van der Waals surface area (Å²) in [6.07, 6.45) is 0. The second-order valence-corrected chi connectivity index (χ2v) is 5.87. The largest absolute Gasteiger partial charge is 0.491 e. The highest BCUT2D eigenvalue weighted by atomic mass is 79.9. The van der Waals surface area contributed by atoms with Gasteiger partial charge in [0, 0.05) is 22.4 Å². The van der Waals surface area contributed by atoms with Gasteiger partial charge in [-0.2, -0.15) is 0 Å². The molecule has 0 saturated carbocycles. The summed E-state index contributed by atoms with van der Waals surface area (Å²) >= 11 is 5.15. The molecular weight excluding hydrogens is 342 g/mol. The van der Waals surface area contributed by atoms with E-state index in [1.54, 1.807) is 29.5 Å². The molecule has 6 heteroatoms. The zero-order valence-corrected chi connectivity index (χ0v) is 13.0. The first-order chi connectivity index (χ1) is 9.68. The molecular formula is C14H14BrNO3S. The highest BCUT2D eigenvalue weighted by Crippen LogP contribution is 2.22. The van der Waals surface area contributed by atoms with Crippen molar-refractivity contribution in [2.75, 3.05) is 13.2 Å². The fourth-order valence-corrected chi connectivity index (χ4v) is 3.12. The molecule has 0 spiro atoms. The highest BCUT2D eigenvalue weighted by molar-refractivity contribution is 9.10. The number of carbonyl (C=O) groups is 1. The number of para-hydroxylation sites is 1. The van der Waals surface area contributed by atoms with Crippen molar-refractivity contribution in [3.8, 4) is 5.75 Å². The van der Waals surface area contributed by atoms with Gasteiger partial charge in [-0.05, 0) is 39.5 Å². The summed E-state index contributed by atoms with van der Waals surface area (Å²) in [5.74, 6) is -0.574. The van der Waals surface area contributed by atoms with Crippen molar-refractivity contribution in [1.29, 1.82) is 0 Å². The quantitative estimate of drug-likeness (QED) is 0.747. The van der Waals surface area contributed by atoms with E-state index in [1.807, 2.05) is 11.4 Å². The Bertz CT molecular complexity index is 585. The van der Waals surface area contributed by atoms with Crippen molar-refractivity contribution in [3.05, 3.63) is 50.6 Å². The van der Waals surface area contributed by atoms with Crippen LogP contribution in [0.25, 0.3) is 0 Å². The van der Waals surface area contributed by atoms with Crippen LogP contribution in [-0.4, -0.2) is 24.2 Å². The van der Waals surface area contributed by atoms with Crippen LogP contribution in [0.3, 0.4) is 0 Å². The van der Waals surface area contributed by atoms with E-state index in [-0.39, 0.29) is 5.56 Å². The van der Waals surface area contributed by atoms with Crippen LogP contribution in [0.5, 0.6) is 5.75 Å². The van der Waals surface area contributed by atoms with Gasteiger partial charge in [0.05, 0.1) is 0 Å². The number of aromatic carboxylic acids is 1. The van der Waals surface area contributed by atoms with Crippen LogP contribution in [0.2, 0.25) is 0 Å². The van der Waals surface area contributed by atoms with Crippen molar-refractivity contribution in [2.24, 2.45) is 0 Å². The Hall–Kier alpha value is -1.37. The summed E-state index contributed by atoms with van der Waals surface area (Å²) in [6, 6.07) is 8.66. The maximum atomic E-state index is 11.0. The van der Waals surface area contributed by atoms with Crippen LogP contribution in [0.4, 0.5) is 0 Å². The van der Waals surface area contributed by atoms with E-state index < -0.39 is 5.97 Å². The van der Waals surface area contributed by atoms with Gasteiger partial charge < -0.3 is 15.2 Å². The number of hydrogen-bond donors (Lipinski definition) is 2. The van der Waals surface area contributed by atoms with Gasteiger partial charge in [0.1, 0.15) is 17.9 Å². The van der Waals surface area contributed by atoms with Gasteiger partial charge in [-0.15, -0.1) is 11.3 Å². The number of hydrogen-bond acceptors (Lipinski definition) is 4. The zero-order valence-electron chi connectivity index (χ0n) is 10.6. The second-order valence-electron chi connectivity index (χ2n) is 4.02. The van der Waals surface area contributed by atoms with Gasteiger partial charge in [0.25, 0.3) is 0 Å². The molecule has 0 radical (unpaired) electrons. The number of benzene rings is 1. The lowest BCUT2D eigenvalue weighted by molar-refractivity contribution is 0.0692. The molecule has 1 heterocycles. The Morgan fingerprint density at radius 1 is 1.35 bits per heavy atom. The molecule has 0 bridgehead atoms. The summed E-state index contributed by atoms with van der Waals surface area (Å²) in [4.78, 5) is 12.2. The first-order valence-corrected chi connectivity index (χ1v) is 7.73. The number of rotatable bonds is 7. The molecule has 0 atom stereocenters. The van der Waals surface area contributed by atoms with Gasteiger partial charge in [-0.3, -0.25) is 0 Å². The average molecular weight is 356 g/mol. The van der Waals surface area contributed by atoms with Crippen LogP contribution < -0.4 is 10.1 Å². The van der Waals surface area contributed by atoms with Crippen molar-refractivity contribution in [3.63, 3.8) is 0 Å². The fourth-order valence-electron chi connectivity index (χ4n) is 1.66. The molecule has 1 aromatic carbocycles. The molecule has 0 saturated heterocycles. The second kappa shape index (κ2) is 7.42. The predicted molar refractivity (Wildman–Crippen MR) is 82.6 cm³/mol. The van der Waals surface area contributed by atoms with E-state index in [1.165, 1.54) is 10.9 Å². The molecule has 2 rings (SSSR count). The summed E-state index contributed by atoms with van der Waals surface area (Å²) in [5.41, 5.74) is 0.188. The van der Waals surface area contributed by atoms with E-state index in [9.17, 15) is 4.79 Å². The Morgan fingerprint density at radius 3 is 2.85 bits per heavy atom. The van der Waals surface area contributed by atoms with Crippen molar-refractivity contribution < 1.29 is 14.6 Å². The van der Waals surface area contributed by atoms with Gasteiger partial charge in [-0.1, -0.05) is 12.1 Å². The van der Waals surface area contributed by atoms with E-state index in [0.29, 0.717) is 18.9 Å². The minimum Gasteiger partial charge on any atom is -0.491 e. The zero-order chi connectivity index (χ0) is 14.4. The lowest BCUT2D eigenvalue weighted by atomic mass is 10.2. The molecule has 2 N–H and O–H groups in total. The van der Waals surface area contributed by atoms with Crippen LogP contribution >= 0.6 is 27.3 Å². The molecule has 0 aliphatic rings. The van der Waals surface area contributed by atoms with Crippen molar-refractivity contribution in [2.45, 2.75) is 6.54 Å². The third kappa shape index (κ3) is 4.06. The number of carboxylic acids is 1. The van der Waals surface area contributed by atoms with E-state index in [0.717, 1.165) is 11.0 Å². The summed E-state index contributed by atoms with van der Waals surface area (Å²) in [6.45, 7) is 1.84. The Balaban J connectivity index is 1.76. The minimum atomic E-state index is -0.976. The maximum absolute atomic E-state index is 11.0. The smallest absolute Gasteiger partial charge is 0.339 e. The summed E-state index contributed by atoms with van der Waals surface area (Å²) in [5, 5.41) is 14.3. The third-order valence-electron chi connectivity index (χ3n) is 2.63. The van der Waals surface area contributed by atoms with Crippen LogP contribution in [-0.2, 0) is 6.54 Å². The molecule has 20 heavy (non-hydrogen) atoms. The van der Waals surface area contributed by atoms with Crippen LogP contribution in [0.15, 0.2) is 40.2 Å². The predicted octanol–water partition coefficient (Wildman–Crippen LogP) is 3.38. The lowest BCUT2D eigenvalue weighted by Gasteiger charge is -2.09. The van der Waals surface area contributed by atoms with Crippen LogP contribution in [0, 0.1) is 0 Å². The van der Waals surface area contributed by atoms with E-state index in [4.69, 9.17) is 9.84 Å². The number of carboxylic acid groups (broad SMARTS) is 1. The molecule has 0 unspecified atom stereocenters. The lowest BCUT2D eigenvalue weighted by Crippen LogP contribution is -2.20. The van der Waals surface area contributed by atoms with Gasteiger partial charge in [0.15, 0.2) is 0 Å². The molecule has 2 aromatic rings. The van der Waals surface area contributed by atoms with Crippen molar-refractivity contribution >= 4 is 33.2 Å². The van der Waals surface area contributed by atoms with Crippen molar-refractivity contribution in [1.82, 2.24) is 5.32 Å². The minimum absolute atomic E-state index is 0.188. The SMILES string of the molecule is O=C(O)c1ccccc1OCCNCc1sccc1Br. The van der Waals surface area contributed by atoms with Gasteiger partial charge >= 0.3 is 5.97 Å². The Kier molecular flexibility index (Phi) is 5.58. The summed E-state index contributed by atoms with van der Waals surface area (Å²) in [7, 11) is 0. The fraction of sp³-hybridized carbons (Fsp3) is 0.214. The first-order valence-electron chi connectivity index (χ1n) is 6.06. The molecule has 0 aliphatic carbocycles. The normalized spacial score (nSPS) is 10.4. The molecule has 0 aliphatic heterocycles. The van der Waals surface area contributed by atoms with Gasteiger partial charge in [-0.25, -0.2) is 4.79 Å². The molecule has 106 valence electrons. The van der Waals surface area contributed by atoms with E-state index >= 15 is 0 Å². The number of ether oxygens (including phenoxy) is 1. The average Bonchev–Trinajstić information content (AvgIpc) is 2.84. The number of halogens is 1. The monoisotopic (exact) mass is 355 g/mol. The highest BCUT2D eigenvalue weighted by Gasteiger charge is 2.09. The molecule has 0 amide bonds. The summed E-state index contributed by atoms with van der Waals surface area (Å²) < 4.78 is 6.60. The Labute approximate surface area is 129 Å². The maximum Gasteiger partial charge on any atom is 0.339 e. The molecule has 1 aromatic heterocycles. The number of thiophene rings is 1. The van der Waals surface area contributed by atoms with E-state index in [2.05, 4.69) is 21.2 Å². The third-order valence-corrected chi connectivity index (χ3v) is 4.56. The Morgan fingerprint density at radius 2 is 2.15 bits per heavy atom. The molecule has 4 nitrogen and oxygen atoms in total. The standard InChI is InChI=1S/C14H14BrNO3S/c15-11-5-8-20-13(11)9-16-6-7-19-12-4-2-1-3-10(12)14(17)18/h1-5,8,16H,6-7,9H2,(H,17,18). The van der Waals surface area contributed by atoms with Crippen LogP contribution in [0.1, 0.15) is 15.2 Å². The topological polar surface area (TPSA) is 58.6 Å².